The Morgan fingerprint density at radius 3 is 2.88 bits per heavy atom. The zero-order valence-electron chi connectivity index (χ0n) is 13.7. The van der Waals surface area contributed by atoms with Crippen LogP contribution in [-0.4, -0.2) is 27.0 Å². The average molecular weight is 333 g/mol. The summed E-state index contributed by atoms with van der Waals surface area (Å²) >= 11 is 0. The number of benzene rings is 2. The summed E-state index contributed by atoms with van der Waals surface area (Å²) in [6.45, 7) is 1.92. The van der Waals surface area contributed by atoms with Crippen molar-refractivity contribution >= 4 is 33.7 Å². The molecule has 0 aliphatic heterocycles. The van der Waals surface area contributed by atoms with E-state index in [0.29, 0.717) is 22.8 Å². The summed E-state index contributed by atoms with van der Waals surface area (Å²) in [5.74, 6) is 1.40. The van der Waals surface area contributed by atoms with Crippen molar-refractivity contribution in [2.75, 3.05) is 12.4 Å². The predicted octanol–water partition coefficient (Wildman–Crippen LogP) is 2.93. The molecule has 0 atom stereocenters. The largest absolute Gasteiger partial charge is 0.497 e. The third-order valence-electron chi connectivity index (χ3n) is 3.96. The van der Waals surface area contributed by atoms with Gasteiger partial charge < -0.3 is 4.74 Å². The maximum Gasteiger partial charge on any atom is 0.260 e. The van der Waals surface area contributed by atoms with Gasteiger partial charge in [-0.15, -0.1) is 0 Å². The molecule has 2 heterocycles. The molecule has 0 fully saturated rings. The number of rotatable bonds is 3. The summed E-state index contributed by atoms with van der Waals surface area (Å²) in [5.41, 5.74) is 2.14. The molecular weight excluding hydrogens is 318 g/mol. The Kier molecular flexibility index (Phi) is 3.53. The van der Waals surface area contributed by atoms with Crippen LogP contribution in [-0.2, 0) is 0 Å². The van der Waals surface area contributed by atoms with Gasteiger partial charge in [-0.25, -0.2) is 15.0 Å². The minimum Gasteiger partial charge on any atom is -0.497 e. The number of nitrogens with zero attached hydrogens (tertiary/aromatic N) is 3. The topological polar surface area (TPSA) is 92.8 Å². The van der Waals surface area contributed by atoms with Crippen LogP contribution in [0.1, 0.15) is 5.56 Å². The molecule has 0 aliphatic carbocycles. The SMILES string of the molecule is COc1ccc2nc(Nc3nc4c(C)cccc4c(=O)[nH]3)ncc2c1. The zero-order chi connectivity index (χ0) is 17.4. The second kappa shape index (κ2) is 5.86. The number of aryl methyl sites for hydroxylation is 1. The van der Waals surface area contributed by atoms with E-state index in [0.717, 1.165) is 22.2 Å². The molecule has 25 heavy (non-hydrogen) atoms. The summed E-state index contributed by atoms with van der Waals surface area (Å²) in [4.78, 5) is 28.1. The van der Waals surface area contributed by atoms with E-state index in [-0.39, 0.29) is 5.56 Å². The third kappa shape index (κ3) is 2.76. The molecule has 0 unspecified atom stereocenters. The molecule has 7 nitrogen and oxygen atoms in total. The van der Waals surface area contributed by atoms with Crippen molar-refractivity contribution in [2.24, 2.45) is 0 Å². The highest BCUT2D eigenvalue weighted by atomic mass is 16.5. The van der Waals surface area contributed by atoms with E-state index >= 15 is 0 Å². The summed E-state index contributed by atoms with van der Waals surface area (Å²) in [7, 11) is 1.61. The standard InChI is InChI=1S/C18H15N5O2/c1-10-4-3-5-13-15(10)21-18(22-16(13)24)23-17-19-9-11-8-12(25-2)6-7-14(11)20-17/h3-9H,1-2H3,(H2,19,20,21,22,23,24). The number of hydrogen-bond donors (Lipinski definition) is 2. The van der Waals surface area contributed by atoms with Gasteiger partial charge in [-0.2, -0.15) is 0 Å². The summed E-state index contributed by atoms with van der Waals surface area (Å²) < 4.78 is 5.19. The fraction of sp³-hybridized carbons (Fsp3) is 0.111. The highest BCUT2D eigenvalue weighted by molar-refractivity contribution is 5.82. The maximum atomic E-state index is 12.2. The molecular formula is C18H15N5O2. The molecule has 0 amide bonds. The zero-order valence-corrected chi connectivity index (χ0v) is 13.7. The van der Waals surface area contributed by atoms with E-state index in [1.807, 2.05) is 37.3 Å². The first-order valence-electron chi connectivity index (χ1n) is 7.71. The van der Waals surface area contributed by atoms with E-state index in [9.17, 15) is 4.79 Å². The highest BCUT2D eigenvalue weighted by Crippen LogP contribution is 2.20. The van der Waals surface area contributed by atoms with Crippen molar-refractivity contribution in [1.82, 2.24) is 19.9 Å². The number of para-hydroxylation sites is 1. The van der Waals surface area contributed by atoms with Crippen LogP contribution in [0.4, 0.5) is 11.9 Å². The van der Waals surface area contributed by atoms with Gasteiger partial charge in [0.1, 0.15) is 5.75 Å². The summed E-state index contributed by atoms with van der Waals surface area (Å²) in [6, 6.07) is 11.0. The second-order valence-corrected chi connectivity index (χ2v) is 5.63. The predicted molar refractivity (Wildman–Crippen MR) is 96.5 cm³/mol. The number of methoxy groups -OCH3 is 1. The summed E-state index contributed by atoms with van der Waals surface area (Å²) in [5, 5.41) is 4.38. The van der Waals surface area contributed by atoms with Gasteiger partial charge in [0.2, 0.25) is 11.9 Å². The molecule has 0 radical (unpaired) electrons. The first kappa shape index (κ1) is 15.1. The van der Waals surface area contributed by atoms with E-state index in [4.69, 9.17) is 4.74 Å². The van der Waals surface area contributed by atoms with Gasteiger partial charge >= 0.3 is 0 Å². The van der Waals surface area contributed by atoms with Crippen LogP contribution in [0.2, 0.25) is 0 Å². The number of ether oxygens (including phenoxy) is 1. The minimum absolute atomic E-state index is 0.207. The Morgan fingerprint density at radius 1 is 1.16 bits per heavy atom. The third-order valence-corrected chi connectivity index (χ3v) is 3.96. The molecule has 0 bridgehead atoms. The fourth-order valence-electron chi connectivity index (χ4n) is 2.67. The Balaban J connectivity index is 1.74. The normalized spacial score (nSPS) is 11.0. The molecule has 124 valence electrons. The van der Waals surface area contributed by atoms with Crippen LogP contribution < -0.4 is 15.6 Å². The van der Waals surface area contributed by atoms with Crippen molar-refractivity contribution in [2.45, 2.75) is 6.92 Å². The minimum atomic E-state index is -0.207. The lowest BCUT2D eigenvalue weighted by Gasteiger charge is -2.07. The Bertz CT molecular complexity index is 1150. The van der Waals surface area contributed by atoms with Crippen LogP contribution in [0.3, 0.4) is 0 Å². The van der Waals surface area contributed by atoms with Crippen LogP contribution >= 0.6 is 0 Å². The maximum absolute atomic E-state index is 12.2. The molecule has 0 spiro atoms. The number of aromatic nitrogens is 4. The molecule has 7 heteroatoms. The van der Waals surface area contributed by atoms with Gasteiger partial charge in [0, 0.05) is 11.6 Å². The number of aromatic amines is 1. The van der Waals surface area contributed by atoms with Crippen molar-refractivity contribution in [3.63, 3.8) is 0 Å². The smallest absolute Gasteiger partial charge is 0.260 e. The number of H-pyrrole nitrogens is 1. The van der Waals surface area contributed by atoms with Gasteiger partial charge in [0.25, 0.3) is 5.56 Å². The molecule has 2 N–H and O–H groups in total. The Labute approximate surface area is 142 Å². The van der Waals surface area contributed by atoms with Gasteiger partial charge in [-0.05, 0) is 36.8 Å². The molecule has 2 aromatic heterocycles. The average Bonchev–Trinajstić information content (AvgIpc) is 2.62. The number of hydrogen-bond acceptors (Lipinski definition) is 6. The van der Waals surface area contributed by atoms with Crippen molar-refractivity contribution in [3.05, 3.63) is 58.5 Å². The number of fused-ring (bicyclic) bond motifs is 2. The van der Waals surface area contributed by atoms with Gasteiger partial charge in [0.05, 0.1) is 23.5 Å². The van der Waals surface area contributed by atoms with E-state index in [1.165, 1.54) is 0 Å². The van der Waals surface area contributed by atoms with Gasteiger partial charge in [0.15, 0.2) is 0 Å². The molecule has 4 aromatic rings. The van der Waals surface area contributed by atoms with Crippen LogP contribution in [0.25, 0.3) is 21.8 Å². The first-order valence-corrected chi connectivity index (χ1v) is 7.71. The highest BCUT2D eigenvalue weighted by Gasteiger charge is 2.08. The Morgan fingerprint density at radius 2 is 2.04 bits per heavy atom. The number of anilines is 2. The quantitative estimate of drug-likeness (QED) is 0.599. The van der Waals surface area contributed by atoms with E-state index in [2.05, 4.69) is 25.3 Å². The lowest BCUT2D eigenvalue weighted by atomic mass is 10.1. The molecule has 0 aliphatic rings. The van der Waals surface area contributed by atoms with E-state index < -0.39 is 0 Å². The van der Waals surface area contributed by atoms with Crippen LogP contribution in [0, 0.1) is 6.92 Å². The monoisotopic (exact) mass is 333 g/mol. The Hall–Kier alpha value is -3.48. The summed E-state index contributed by atoms with van der Waals surface area (Å²) in [6.07, 6.45) is 1.69. The molecule has 2 aromatic carbocycles. The van der Waals surface area contributed by atoms with Crippen LogP contribution in [0.15, 0.2) is 47.4 Å². The molecule has 0 saturated carbocycles. The number of nitrogens with one attached hydrogen (secondary N) is 2. The van der Waals surface area contributed by atoms with Crippen molar-refractivity contribution < 1.29 is 4.74 Å². The van der Waals surface area contributed by atoms with Gasteiger partial charge in [-0.3, -0.25) is 15.1 Å². The fourth-order valence-corrected chi connectivity index (χ4v) is 2.67. The molecule has 4 rings (SSSR count). The molecule has 0 saturated heterocycles. The van der Waals surface area contributed by atoms with Gasteiger partial charge in [-0.1, -0.05) is 12.1 Å². The second-order valence-electron chi connectivity index (χ2n) is 5.63. The lowest BCUT2D eigenvalue weighted by Crippen LogP contribution is -2.12. The van der Waals surface area contributed by atoms with Crippen molar-refractivity contribution in [3.8, 4) is 5.75 Å². The van der Waals surface area contributed by atoms with E-state index in [1.54, 1.807) is 19.4 Å². The van der Waals surface area contributed by atoms with Crippen molar-refractivity contribution in [1.29, 1.82) is 0 Å². The lowest BCUT2D eigenvalue weighted by molar-refractivity contribution is 0.415. The first-order chi connectivity index (χ1) is 12.1. The van der Waals surface area contributed by atoms with Crippen LogP contribution in [0.5, 0.6) is 5.75 Å².